The molecule has 0 fully saturated rings. The lowest BCUT2D eigenvalue weighted by Crippen LogP contribution is -2.08. The first kappa shape index (κ1) is 14.1. The predicted octanol–water partition coefficient (Wildman–Crippen LogP) is 3.05. The molecule has 0 atom stereocenters. The Labute approximate surface area is 107 Å². The van der Waals surface area contributed by atoms with E-state index in [4.69, 9.17) is 14.2 Å². The fourth-order valence-electron chi connectivity index (χ4n) is 1.47. The summed E-state index contributed by atoms with van der Waals surface area (Å²) in [5.74, 6) is 1.13. The van der Waals surface area contributed by atoms with Crippen LogP contribution in [0.5, 0.6) is 17.2 Å². The summed E-state index contributed by atoms with van der Waals surface area (Å²) in [6, 6.07) is 3.36. The third-order valence-corrected chi connectivity index (χ3v) is 2.13. The van der Waals surface area contributed by atoms with Gasteiger partial charge in [-0.15, -0.1) is 0 Å². The largest absolute Gasteiger partial charge is 0.493 e. The van der Waals surface area contributed by atoms with Crippen LogP contribution in [0.25, 0.3) is 6.08 Å². The Morgan fingerprint density at radius 3 is 2.39 bits per heavy atom. The number of rotatable bonds is 5. The average molecular weight is 250 g/mol. The van der Waals surface area contributed by atoms with Gasteiger partial charge in [0.15, 0.2) is 11.5 Å². The van der Waals surface area contributed by atoms with E-state index in [0.717, 1.165) is 0 Å². The summed E-state index contributed by atoms with van der Waals surface area (Å²) in [6.45, 7) is 8.88. The van der Waals surface area contributed by atoms with Gasteiger partial charge < -0.3 is 14.2 Å². The van der Waals surface area contributed by atoms with Crippen LogP contribution in [0, 0.1) is 0 Å². The van der Waals surface area contributed by atoms with Crippen molar-refractivity contribution < 1.29 is 19.0 Å². The lowest BCUT2D eigenvalue weighted by molar-refractivity contribution is -0.131. The van der Waals surface area contributed by atoms with Crippen LogP contribution in [0.3, 0.4) is 0 Å². The topological polar surface area (TPSA) is 44.8 Å². The zero-order valence-electron chi connectivity index (χ0n) is 11.1. The van der Waals surface area contributed by atoms with Crippen molar-refractivity contribution in [2.45, 2.75) is 26.9 Å². The monoisotopic (exact) mass is 250 g/mol. The van der Waals surface area contributed by atoms with Gasteiger partial charge in [-0.3, -0.25) is 4.79 Å². The molecule has 4 heteroatoms. The van der Waals surface area contributed by atoms with Gasteiger partial charge in [-0.05, 0) is 19.9 Å². The van der Waals surface area contributed by atoms with Gasteiger partial charge in [0.25, 0.3) is 0 Å². The third-order valence-electron chi connectivity index (χ3n) is 2.13. The number of carbonyl (C=O) groups is 1. The van der Waals surface area contributed by atoms with E-state index in [2.05, 4.69) is 6.58 Å². The lowest BCUT2D eigenvalue weighted by atomic mass is 10.1. The molecule has 0 bridgehead atoms. The molecule has 0 unspecified atom stereocenters. The van der Waals surface area contributed by atoms with Gasteiger partial charge in [-0.25, -0.2) is 0 Å². The van der Waals surface area contributed by atoms with E-state index in [1.165, 1.54) is 14.0 Å². The molecule has 0 saturated heterocycles. The van der Waals surface area contributed by atoms with Crippen LogP contribution < -0.4 is 14.2 Å². The second-order valence-electron chi connectivity index (χ2n) is 4.01. The summed E-state index contributed by atoms with van der Waals surface area (Å²) in [6.07, 6.45) is 1.63. The molecular formula is C14H18O4. The van der Waals surface area contributed by atoms with Crippen molar-refractivity contribution in [2.75, 3.05) is 7.11 Å². The number of benzene rings is 1. The summed E-state index contributed by atoms with van der Waals surface area (Å²) in [5.41, 5.74) is 0.682. The van der Waals surface area contributed by atoms with E-state index >= 15 is 0 Å². The van der Waals surface area contributed by atoms with Crippen molar-refractivity contribution in [3.05, 3.63) is 24.3 Å². The second-order valence-corrected chi connectivity index (χ2v) is 4.01. The van der Waals surface area contributed by atoms with E-state index < -0.39 is 5.97 Å². The number of ether oxygens (including phenoxy) is 3. The molecule has 98 valence electrons. The Hall–Kier alpha value is -1.97. The highest BCUT2D eigenvalue weighted by Crippen LogP contribution is 2.36. The van der Waals surface area contributed by atoms with Crippen LogP contribution in [-0.2, 0) is 4.79 Å². The average Bonchev–Trinajstić information content (AvgIpc) is 2.29. The molecule has 0 heterocycles. The van der Waals surface area contributed by atoms with Crippen molar-refractivity contribution in [3.8, 4) is 17.2 Å². The van der Waals surface area contributed by atoms with E-state index in [1.807, 2.05) is 13.8 Å². The molecule has 0 saturated carbocycles. The van der Waals surface area contributed by atoms with Gasteiger partial charge in [0.1, 0.15) is 5.75 Å². The van der Waals surface area contributed by atoms with Crippen molar-refractivity contribution in [3.63, 3.8) is 0 Å². The Bertz CT molecular complexity index is 449. The molecule has 0 amide bonds. The molecule has 1 aromatic carbocycles. The van der Waals surface area contributed by atoms with Gasteiger partial charge in [0.2, 0.25) is 0 Å². The zero-order valence-corrected chi connectivity index (χ0v) is 11.1. The highest BCUT2D eigenvalue weighted by Gasteiger charge is 2.13. The van der Waals surface area contributed by atoms with E-state index in [0.29, 0.717) is 22.8 Å². The second kappa shape index (κ2) is 6.10. The molecule has 1 aromatic rings. The van der Waals surface area contributed by atoms with Crippen LogP contribution in [0.2, 0.25) is 0 Å². The van der Waals surface area contributed by atoms with Gasteiger partial charge in [0, 0.05) is 18.6 Å². The Morgan fingerprint density at radius 1 is 1.28 bits per heavy atom. The first-order chi connectivity index (χ1) is 8.47. The maximum Gasteiger partial charge on any atom is 0.308 e. The van der Waals surface area contributed by atoms with Gasteiger partial charge in [0.05, 0.1) is 13.2 Å². The minimum Gasteiger partial charge on any atom is -0.493 e. The molecule has 0 aliphatic carbocycles. The normalized spacial score (nSPS) is 10.1. The molecule has 0 aromatic heterocycles. The summed E-state index contributed by atoms with van der Waals surface area (Å²) >= 11 is 0. The van der Waals surface area contributed by atoms with Crippen LogP contribution in [0.1, 0.15) is 26.3 Å². The van der Waals surface area contributed by atoms with Crippen molar-refractivity contribution in [1.29, 1.82) is 0 Å². The smallest absolute Gasteiger partial charge is 0.308 e. The molecule has 0 spiro atoms. The van der Waals surface area contributed by atoms with Crippen LogP contribution in [-0.4, -0.2) is 19.2 Å². The van der Waals surface area contributed by atoms with E-state index in [-0.39, 0.29) is 6.10 Å². The molecule has 4 nitrogen and oxygen atoms in total. The summed E-state index contributed by atoms with van der Waals surface area (Å²) in [7, 11) is 1.54. The minimum atomic E-state index is -0.391. The molecule has 0 N–H and O–H groups in total. The van der Waals surface area contributed by atoms with Gasteiger partial charge >= 0.3 is 5.97 Å². The van der Waals surface area contributed by atoms with E-state index in [1.54, 1.807) is 18.2 Å². The minimum absolute atomic E-state index is 0.0242. The zero-order chi connectivity index (χ0) is 13.7. The number of carbonyl (C=O) groups excluding carboxylic acids is 1. The summed E-state index contributed by atoms with van der Waals surface area (Å²) < 4.78 is 15.9. The number of hydrogen-bond donors (Lipinski definition) is 0. The van der Waals surface area contributed by atoms with Crippen molar-refractivity contribution in [1.82, 2.24) is 0 Å². The van der Waals surface area contributed by atoms with Crippen molar-refractivity contribution in [2.24, 2.45) is 0 Å². The molecule has 0 radical (unpaired) electrons. The van der Waals surface area contributed by atoms with Crippen LogP contribution in [0.15, 0.2) is 18.7 Å². The van der Waals surface area contributed by atoms with Crippen LogP contribution >= 0.6 is 0 Å². The van der Waals surface area contributed by atoms with Crippen LogP contribution in [0.4, 0.5) is 0 Å². The maximum atomic E-state index is 11.0. The molecule has 1 rings (SSSR count). The molecule has 18 heavy (non-hydrogen) atoms. The fraction of sp³-hybridized carbons (Fsp3) is 0.357. The summed E-state index contributed by atoms with van der Waals surface area (Å²) in [4.78, 5) is 11.0. The van der Waals surface area contributed by atoms with Gasteiger partial charge in [-0.1, -0.05) is 12.7 Å². The van der Waals surface area contributed by atoms with Gasteiger partial charge in [-0.2, -0.15) is 0 Å². The predicted molar refractivity (Wildman–Crippen MR) is 70.2 cm³/mol. The Morgan fingerprint density at radius 2 is 1.94 bits per heavy atom. The lowest BCUT2D eigenvalue weighted by Gasteiger charge is -2.16. The molecular weight excluding hydrogens is 232 g/mol. The fourth-order valence-corrected chi connectivity index (χ4v) is 1.47. The standard InChI is InChI=1S/C14H18O4/c1-6-11-7-14(17-9(2)3)13(16-5)8-12(11)18-10(4)15/h6-9H,1H2,2-5H3. The van der Waals surface area contributed by atoms with Crippen molar-refractivity contribution >= 4 is 12.0 Å². The molecule has 0 aliphatic heterocycles. The Balaban J connectivity index is 3.22. The molecule has 0 aliphatic rings. The van der Waals surface area contributed by atoms with E-state index in [9.17, 15) is 4.79 Å². The number of hydrogen-bond acceptors (Lipinski definition) is 4. The SMILES string of the molecule is C=Cc1cc(OC(C)C)c(OC)cc1OC(C)=O. The maximum absolute atomic E-state index is 11.0. The Kier molecular flexibility index (Phi) is 4.77. The first-order valence-electron chi connectivity index (χ1n) is 5.67. The highest BCUT2D eigenvalue weighted by molar-refractivity contribution is 5.73. The summed E-state index contributed by atoms with van der Waals surface area (Å²) in [5, 5.41) is 0. The quantitative estimate of drug-likeness (QED) is 0.595. The number of methoxy groups -OCH3 is 1. The first-order valence-corrected chi connectivity index (χ1v) is 5.67. The highest BCUT2D eigenvalue weighted by atomic mass is 16.5. The third kappa shape index (κ3) is 3.52. The number of esters is 1.